The second-order valence-electron chi connectivity index (χ2n) is 4.56. The number of ether oxygens (including phenoxy) is 1. The molecule has 1 aromatic carbocycles. The predicted octanol–water partition coefficient (Wildman–Crippen LogP) is 1.93. The Balaban J connectivity index is 2.20. The van der Waals surface area contributed by atoms with E-state index in [1.165, 1.54) is 0 Å². The number of carboxylic acid groups (broad SMARTS) is 1. The molecule has 0 saturated heterocycles. The summed E-state index contributed by atoms with van der Waals surface area (Å²) < 4.78 is 5.31. The van der Waals surface area contributed by atoms with Crippen LogP contribution in [0.1, 0.15) is 11.3 Å². The highest BCUT2D eigenvalue weighted by molar-refractivity contribution is 6.36. The number of aliphatic carboxylic acids is 1. The molecule has 2 heterocycles. The Morgan fingerprint density at radius 1 is 1.53 bits per heavy atom. The Morgan fingerprint density at radius 3 is 3.00 bits per heavy atom. The van der Waals surface area contributed by atoms with E-state index in [1.807, 2.05) is 0 Å². The third-order valence-electron chi connectivity index (χ3n) is 3.51. The van der Waals surface area contributed by atoms with Crippen LogP contribution in [0.2, 0.25) is 5.02 Å². The number of carbonyl (C=O) groups is 1. The van der Waals surface area contributed by atoms with Gasteiger partial charge in [-0.1, -0.05) is 11.6 Å². The zero-order chi connectivity index (χ0) is 13.6. The molecular weight excluding hydrogens is 268 g/mol. The maximum absolute atomic E-state index is 11.1. The summed E-state index contributed by atoms with van der Waals surface area (Å²) in [6.07, 6.45) is 0.414. The van der Waals surface area contributed by atoms with Gasteiger partial charge in [0, 0.05) is 24.0 Å². The van der Waals surface area contributed by atoms with Crippen molar-refractivity contribution in [2.24, 2.45) is 0 Å². The number of hydrogen-bond donors (Lipinski definition) is 3. The van der Waals surface area contributed by atoms with Crippen LogP contribution in [0.5, 0.6) is 5.75 Å². The van der Waals surface area contributed by atoms with Crippen molar-refractivity contribution in [1.82, 2.24) is 10.3 Å². The first-order valence-electron chi connectivity index (χ1n) is 5.94. The van der Waals surface area contributed by atoms with E-state index in [1.54, 1.807) is 19.2 Å². The highest BCUT2D eigenvalue weighted by atomic mass is 35.5. The van der Waals surface area contributed by atoms with Crippen LogP contribution >= 0.6 is 11.6 Å². The fraction of sp³-hybridized carbons (Fsp3) is 0.308. The maximum atomic E-state index is 11.1. The summed E-state index contributed by atoms with van der Waals surface area (Å²) in [7, 11) is 1.60. The van der Waals surface area contributed by atoms with Crippen molar-refractivity contribution in [3.63, 3.8) is 0 Å². The van der Waals surface area contributed by atoms with Gasteiger partial charge in [-0.3, -0.25) is 10.1 Å². The number of benzene rings is 1. The van der Waals surface area contributed by atoms with E-state index in [-0.39, 0.29) is 0 Å². The van der Waals surface area contributed by atoms with E-state index in [0.29, 0.717) is 23.7 Å². The summed E-state index contributed by atoms with van der Waals surface area (Å²) in [5, 5.41) is 13.6. The molecule has 19 heavy (non-hydrogen) atoms. The minimum Gasteiger partial charge on any atom is -0.495 e. The van der Waals surface area contributed by atoms with E-state index in [9.17, 15) is 4.79 Å². The number of H-pyrrole nitrogens is 1. The van der Waals surface area contributed by atoms with Crippen LogP contribution in [0, 0.1) is 0 Å². The molecule has 2 aromatic rings. The van der Waals surface area contributed by atoms with Crippen LogP contribution in [0.3, 0.4) is 0 Å². The van der Waals surface area contributed by atoms with E-state index < -0.39 is 12.0 Å². The maximum Gasteiger partial charge on any atom is 0.321 e. The lowest BCUT2D eigenvalue weighted by atomic mass is 9.98. The standard InChI is InChI=1S/C13H13ClN2O3/c1-19-10-3-2-7(14)11-6-4-8(13(17)18)15-5-9(6)16-12(10)11/h2-3,8,15-16H,4-5H2,1H3,(H,17,18). The van der Waals surface area contributed by atoms with Gasteiger partial charge < -0.3 is 14.8 Å². The van der Waals surface area contributed by atoms with E-state index in [0.717, 1.165) is 22.2 Å². The van der Waals surface area contributed by atoms with Crippen molar-refractivity contribution in [2.45, 2.75) is 19.0 Å². The fourth-order valence-corrected chi connectivity index (χ4v) is 2.85. The number of methoxy groups -OCH3 is 1. The number of aromatic nitrogens is 1. The molecule has 1 atom stereocenters. The third-order valence-corrected chi connectivity index (χ3v) is 3.82. The Kier molecular flexibility index (Phi) is 2.88. The monoisotopic (exact) mass is 280 g/mol. The molecule has 0 spiro atoms. The number of carboxylic acids is 1. The normalized spacial score (nSPS) is 18.3. The molecule has 1 aliphatic heterocycles. The van der Waals surface area contributed by atoms with Gasteiger partial charge in [-0.25, -0.2) is 0 Å². The van der Waals surface area contributed by atoms with Crippen LogP contribution in [0.25, 0.3) is 10.9 Å². The number of fused-ring (bicyclic) bond motifs is 3. The van der Waals surface area contributed by atoms with Crippen molar-refractivity contribution in [3.8, 4) is 5.75 Å². The van der Waals surface area contributed by atoms with E-state index in [4.69, 9.17) is 21.4 Å². The van der Waals surface area contributed by atoms with Crippen molar-refractivity contribution in [3.05, 3.63) is 28.4 Å². The third kappa shape index (κ3) is 1.86. The SMILES string of the molecule is COc1ccc(Cl)c2c3c([nH]c12)CNC(C(=O)O)C3. The van der Waals surface area contributed by atoms with Crippen LogP contribution < -0.4 is 10.1 Å². The number of rotatable bonds is 2. The molecule has 0 amide bonds. The van der Waals surface area contributed by atoms with Crippen molar-refractivity contribution in [2.75, 3.05) is 7.11 Å². The predicted molar refractivity (Wildman–Crippen MR) is 71.8 cm³/mol. The topological polar surface area (TPSA) is 74.3 Å². The van der Waals surface area contributed by atoms with Gasteiger partial charge in [-0.2, -0.15) is 0 Å². The Hall–Kier alpha value is -1.72. The minimum atomic E-state index is -0.848. The number of aromatic amines is 1. The van der Waals surface area contributed by atoms with Crippen LogP contribution in [0.15, 0.2) is 12.1 Å². The first kappa shape index (κ1) is 12.3. The van der Waals surface area contributed by atoms with Gasteiger partial charge in [-0.05, 0) is 17.7 Å². The van der Waals surface area contributed by atoms with Crippen LogP contribution in [0.4, 0.5) is 0 Å². The number of halogens is 1. The van der Waals surface area contributed by atoms with Gasteiger partial charge in [0.25, 0.3) is 0 Å². The largest absolute Gasteiger partial charge is 0.495 e. The first-order chi connectivity index (χ1) is 9.11. The summed E-state index contributed by atoms with van der Waals surface area (Å²) in [6.45, 7) is 0.487. The average Bonchev–Trinajstić information content (AvgIpc) is 2.78. The molecular formula is C13H13ClN2O3. The zero-order valence-corrected chi connectivity index (χ0v) is 11.0. The molecule has 100 valence electrons. The lowest BCUT2D eigenvalue weighted by molar-refractivity contribution is -0.139. The number of hydrogen-bond acceptors (Lipinski definition) is 3. The summed E-state index contributed by atoms with van der Waals surface area (Å²) >= 11 is 6.25. The highest BCUT2D eigenvalue weighted by Crippen LogP contribution is 2.37. The molecule has 3 N–H and O–H groups in total. The average molecular weight is 281 g/mol. The molecule has 0 aliphatic carbocycles. The second-order valence-corrected chi connectivity index (χ2v) is 4.96. The summed E-state index contributed by atoms with van der Waals surface area (Å²) in [5.74, 6) is -0.139. The summed E-state index contributed by atoms with van der Waals surface area (Å²) in [5.41, 5.74) is 2.76. The summed E-state index contributed by atoms with van der Waals surface area (Å²) in [4.78, 5) is 14.4. The van der Waals surface area contributed by atoms with Gasteiger partial charge in [0.15, 0.2) is 0 Å². The van der Waals surface area contributed by atoms with Gasteiger partial charge in [0.05, 0.1) is 17.6 Å². The highest BCUT2D eigenvalue weighted by Gasteiger charge is 2.28. The van der Waals surface area contributed by atoms with Crippen molar-refractivity contribution < 1.29 is 14.6 Å². The molecule has 3 rings (SSSR count). The molecule has 6 heteroatoms. The van der Waals surface area contributed by atoms with E-state index >= 15 is 0 Å². The Bertz CT molecular complexity index is 665. The molecule has 0 bridgehead atoms. The second kappa shape index (κ2) is 4.43. The zero-order valence-electron chi connectivity index (χ0n) is 10.3. The van der Waals surface area contributed by atoms with Gasteiger partial charge in [0.1, 0.15) is 11.8 Å². The van der Waals surface area contributed by atoms with Crippen molar-refractivity contribution in [1.29, 1.82) is 0 Å². The molecule has 0 saturated carbocycles. The van der Waals surface area contributed by atoms with E-state index in [2.05, 4.69) is 10.3 Å². The lowest BCUT2D eigenvalue weighted by Gasteiger charge is -2.20. The molecule has 1 aliphatic rings. The lowest BCUT2D eigenvalue weighted by Crippen LogP contribution is -2.41. The fourth-order valence-electron chi connectivity index (χ4n) is 2.58. The Labute approximate surface area is 114 Å². The van der Waals surface area contributed by atoms with Crippen molar-refractivity contribution >= 4 is 28.5 Å². The first-order valence-corrected chi connectivity index (χ1v) is 6.31. The molecule has 5 nitrogen and oxygen atoms in total. The minimum absolute atomic E-state index is 0.414. The van der Waals surface area contributed by atoms with Gasteiger partial charge in [0.2, 0.25) is 0 Å². The smallest absolute Gasteiger partial charge is 0.321 e. The molecule has 1 aromatic heterocycles. The van der Waals surface area contributed by atoms with Crippen LogP contribution in [-0.4, -0.2) is 29.2 Å². The Morgan fingerprint density at radius 2 is 2.32 bits per heavy atom. The van der Waals surface area contributed by atoms with Gasteiger partial charge >= 0.3 is 5.97 Å². The number of nitrogens with one attached hydrogen (secondary N) is 2. The quantitative estimate of drug-likeness (QED) is 0.786. The van der Waals surface area contributed by atoms with Crippen LogP contribution in [-0.2, 0) is 17.8 Å². The molecule has 0 fully saturated rings. The summed E-state index contributed by atoms with van der Waals surface area (Å²) in [6, 6.07) is 3.00. The molecule has 1 unspecified atom stereocenters. The van der Waals surface area contributed by atoms with Gasteiger partial charge in [-0.15, -0.1) is 0 Å². The molecule has 0 radical (unpaired) electrons.